The Balaban J connectivity index is 1.74. The van der Waals surface area contributed by atoms with E-state index in [0.717, 1.165) is 5.69 Å². The van der Waals surface area contributed by atoms with Crippen molar-refractivity contribution in [2.75, 3.05) is 0 Å². The molecule has 2 unspecified atom stereocenters. The molecule has 126 valence electrons. The van der Waals surface area contributed by atoms with Crippen LogP contribution in [-0.2, 0) is 0 Å². The van der Waals surface area contributed by atoms with E-state index in [0.29, 0.717) is 11.8 Å². The third-order valence-electron chi connectivity index (χ3n) is 5.29. The molecule has 0 aliphatic heterocycles. The monoisotopic (exact) mass is 327 g/mol. The van der Waals surface area contributed by atoms with Crippen molar-refractivity contribution < 1.29 is 0 Å². The Morgan fingerprint density at radius 1 is 0.960 bits per heavy atom. The third kappa shape index (κ3) is 3.00. The molecule has 2 atom stereocenters. The van der Waals surface area contributed by atoms with Crippen LogP contribution in [0.25, 0.3) is 17.3 Å². The van der Waals surface area contributed by atoms with E-state index in [1.54, 1.807) is 0 Å². The van der Waals surface area contributed by atoms with Crippen LogP contribution in [0.15, 0.2) is 66.4 Å². The molecule has 1 heterocycles. The Morgan fingerprint density at radius 2 is 1.80 bits per heavy atom. The summed E-state index contributed by atoms with van der Waals surface area (Å²) in [5.41, 5.74) is 7.87. The molecule has 0 saturated heterocycles. The first-order chi connectivity index (χ1) is 11.9. The second kappa shape index (κ2) is 5.84. The summed E-state index contributed by atoms with van der Waals surface area (Å²) in [4.78, 5) is 4.56. The maximum absolute atomic E-state index is 4.56. The van der Waals surface area contributed by atoms with Gasteiger partial charge < -0.3 is 0 Å². The quantitative estimate of drug-likeness (QED) is 0.596. The van der Waals surface area contributed by atoms with Gasteiger partial charge in [0.05, 0.1) is 5.69 Å². The van der Waals surface area contributed by atoms with Crippen molar-refractivity contribution in [3.05, 3.63) is 83.1 Å². The fourth-order valence-electron chi connectivity index (χ4n) is 3.77. The lowest BCUT2D eigenvalue weighted by Crippen LogP contribution is -2.19. The van der Waals surface area contributed by atoms with Gasteiger partial charge in [-0.05, 0) is 52.8 Å². The van der Waals surface area contributed by atoms with E-state index in [2.05, 4.69) is 87.3 Å². The minimum atomic E-state index is 0.197. The molecule has 0 amide bonds. The molecule has 1 heteroatoms. The number of rotatable bonds is 1. The molecular weight excluding hydrogens is 302 g/mol. The van der Waals surface area contributed by atoms with E-state index in [1.165, 1.54) is 27.8 Å². The van der Waals surface area contributed by atoms with Gasteiger partial charge in [0.2, 0.25) is 0 Å². The van der Waals surface area contributed by atoms with Crippen molar-refractivity contribution in [3.63, 3.8) is 0 Å². The minimum Gasteiger partial charge on any atom is -0.256 e. The summed E-state index contributed by atoms with van der Waals surface area (Å²) in [6, 6.07) is 11.0. The molecule has 0 spiro atoms. The lowest BCUT2D eigenvalue weighted by Gasteiger charge is -2.32. The highest BCUT2D eigenvalue weighted by molar-refractivity contribution is 5.69. The zero-order chi connectivity index (χ0) is 17.6. The number of nitrogens with zero attached hydrogens (tertiary/aromatic N) is 1. The van der Waals surface area contributed by atoms with Crippen LogP contribution in [0, 0.1) is 18.3 Å². The van der Waals surface area contributed by atoms with Crippen LogP contribution in [0.3, 0.4) is 0 Å². The van der Waals surface area contributed by atoms with E-state index in [-0.39, 0.29) is 5.41 Å². The van der Waals surface area contributed by atoms with Crippen LogP contribution in [0.5, 0.6) is 0 Å². The zero-order valence-electron chi connectivity index (χ0n) is 15.5. The van der Waals surface area contributed by atoms with Gasteiger partial charge in [-0.25, -0.2) is 0 Å². The average Bonchev–Trinajstić information content (AvgIpc) is 2.60. The van der Waals surface area contributed by atoms with Crippen molar-refractivity contribution in [3.8, 4) is 11.3 Å². The lowest BCUT2D eigenvalue weighted by atomic mass is 9.72. The standard InChI is InChI=1S/C24H25N/c1-16-11-12-25-23(13-16)19-8-6-17-5-7-18-14-20(24(2,3)4)9-10-21(18)22(17)15-19/h5-15,18,21H,1-4H3. The first kappa shape index (κ1) is 16.1. The molecule has 0 fully saturated rings. The van der Waals surface area contributed by atoms with Gasteiger partial charge in [0.25, 0.3) is 0 Å². The SMILES string of the molecule is Cc1ccnc(-c2ccc3c(c2)C2C=CC(C(C)(C)C)=CC2C=C3)c1. The summed E-state index contributed by atoms with van der Waals surface area (Å²) < 4.78 is 0. The van der Waals surface area contributed by atoms with Gasteiger partial charge in [0.1, 0.15) is 0 Å². The smallest absolute Gasteiger partial charge is 0.0704 e. The van der Waals surface area contributed by atoms with Crippen LogP contribution >= 0.6 is 0 Å². The molecule has 0 N–H and O–H groups in total. The Morgan fingerprint density at radius 3 is 2.56 bits per heavy atom. The van der Waals surface area contributed by atoms with Gasteiger partial charge in [0, 0.05) is 23.6 Å². The fourth-order valence-corrected chi connectivity index (χ4v) is 3.77. The van der Waals surface area contributed by atoms with E-state index in [9.17, 15) is 0 Å². The number of hydrogen-bond acceptors (Lipinski definition) is 1. The molecule has 4 rings (SSSR count). The maximum atomic E-state index is 4.56. The second-order valence-electron chi connectivity index (χ2n) is 8.26. The number of allylic oxidation sites excluding steroid dienone is 5. The van der Waals surface area contributed by atoms with Crippen molar-refractivity contribution in [1.29, 1.82) is 0 Å². The largest absolute Gasteiger partial charge is 0.256 e. The number of fused-ring (bicyclic) bond motifs is 3. The zero-order valence-corrected chi connectivity index (χ0v) is 15.5. The Bertz CT molecular complexity index is 906. The lowest BCUT2D eigenvalue weighted by molar-refractivity contribution is 0.502. The topological polar surface area (TPSA) is 12.9 Å². The van der Waals surface area contributed by atoms with Crippen LogP contribution in [0.4, 0.5) is 0 Å². The second-order valence-corrected chi connectivity index (χ2v) is 8.26. The van der Waals surface area contributed by atoms with Crippen molar-refractivity contribution in [2.24, 2.45) is 11.3 Å². The summed E-state index contributed by atoms with van der Waals surface area (Å²) in [5, 5.41) is 0. The van der Waals surface area contributed by atoms with Crippen LogP contribution < -0.4 is 0 Å². The van der Waals surface area contributed by atoms with E-state index >= 15 is 0 Å². The predicted octanol–water partition coefficient (Wildman–Crippen LogP) is 6.33. The van der Waals surface area contributed by atoms with Crippen LogP contribution in [-0.4, -0.2) is 4.98 Å². The molecular formula is C24H25N. The van der Waals surface area contributed by atoms with Gasteiger partial charge in [-0.2, -0.15) is 0 Å². The molecule has 1 nitrogen and oxygen atoms in total. The Labute approximate surface area is 150 Å². The highest BCUT2D eigenvalue weighted by Gasteiger charge is 2.28. The fraction of sp³-hybridized carbons (Fsp3) is 0.292. The highest BCUT2D eigenvalue weighted by atomic mass is 14.7. The van der Waals surface area contributed by atoms with Gasteiger partial charge in [-0.3, -0.25) is 4.98 Å². The molecule has 2 aliphatic rings. The molecule has 1 aromatic carbocycles. The summed E-state index contributed by atoms with van der Waals surface area (Å²) in [7, 11) is 0. The predicted molar refractivity (Wildman–Crippen MR) is 106 cm³/mol. The summed E-state index contributed by atoms with van der Waals surface area (Å²) in [6.45, 7) is 8.97. The molecule has 0 radical (unpaired) electrons. The first-order valence-electron chi connectivity index (χ1n) is 9.07. The van der Waals surface area contributed by atoms with E-state index < -0.39 is 0 Å². The first-order valence-corrected chi connectivity index (χ1v) is 9.07. The summed E-state index contributed by atoms with van der Waals surface area (Å²) in [6.07, 6.45) is 13.7. The molecule has 2 aliphatic carbocycles. The molecule has 0 saturated carbocycles. The Kier molecular flexibility index (Phi) is 3.76. The maximum Gasteiger partial charge on any atom is 0.0704 e. The number of pyridine rings is 1. The van der Waals surface area contributed by atoms with Crippen LogP contribution in [0.2, 0.25) is 0 Å². The van der Waals surface area contributed by atoms with Gasteiger partial charge >= 0.3 is 0 Å². The normalized spacial score (nSPS) is 21.5. The van der Waals surface area contributed by atoms with Crippen molar-refractivity contribution >= 4 is 6.08 Å². The van der Waals surface area contributed by atoms with Gasteiger partial charge in [0.15, 0.2) is 0 Å². The van der Waals surface area contributed by atoms with E-state index in [1.807, 2.05) is 12.3 Å². The number of aryl methyl sites for hydroxylation is 1. The van der Waals surface area contributed by atoms with E-state index in [4.69, 9.17) is 0 Å². The highest BCUT2D eigenvalue weighted by Crippen LogP contribution is 2.43. The molecule has 25 heavy (non-hydrogen) atoms. The molecule has 1 aromatic heterocycles. The average molecular weight is 327 g/mol. The van der Waals surface area contributed by atoms with Gasteiger partial charge in [-0.15, -0.1) is 0 Å². The van der Waals surface area contributed by atoms with Crippen LogP contribution in [0.1, 0.15) is 43.4 Å². The number of hydrogen-bond donors (Lipinski definition) is 0. The number of benzene rings is 1. The summed E-state index contributed by atoms with van der Waals surface area (Å²) >= 11 is 0. The van der Waals surface area contributed by atoms with Crippen molar-refractivity contribution in [2.45, 2.75) is 33.6 Å². The molecule has 0 bridgehead atoms. The van der Waals surface area contributed by atoms with Gasteiger partial charge in [-0.1, -0.05) is 63.3 Å². The Hall–Kier alpha value is -2.41. The minimum absolute atomic E-state index is 0.197. The third-order valence-corrected chi connectivity index (χ3v) is 5.29. The summed E-state index contributed by atoms with van der Waals surface area (Å²) in [5.74, 6) is 0.878. The van der Waals surface area contributed by atoms with Crippen molar-refractivity contribution in [1.82, 2.24) is 4.98 Å². The number of aromatic nitrogens is 1. The molecule has 2 aromatic rings.